The van der Waals surface area contributed by atoms with Gasteiger partial charge in [0.05, 0.1) is 12.2 Å². The molecule has 1 atom stereocenters. The molecule has 2 heterocycles. The maximum atomic E-state index is 14.2. The zero-order valence-electron chi connectivity index (χ0n) is 27.0. The first-order chi connectivity index (χ1) is 23.2. The molecule has 8 nitrogen and oxygen atoms in total. The van der Waals surface area contributed by atoms with E-state index in [9.17, 15) is 4.79 Å². The number of aryl methyl sites for hydroxylation is 2. The van der Waals surface area contributed by atoms with Crippen LogP contribution in [-0.2, 0) is 17.2 Å². The van der Waals surface area contributed by atoms with Gasteiger partial charge in [-0.2, -0.15) is 4.98 Å². The molecule has 1 unspecified atom stereocenters. The predicted molar refractivity (Wildman–Crippen MR) is 196 cm³/mol. The molecule has 1 aliphatic rings. The summed E-state index contributed by atoms with van der Waals surface area (Å²) >= 11 is 11.4. The van der Waals surface area contributed by atoms with E-state index in [0.717, 1.165) is 38.0 Å². The second kappa shape index (κ2) is 14.9. The second-order valence-corrected chi connectivity index (χ2v) is 13.7. The Kier molecular flexibility index (Phi) is 10.4. The Bertz CT molecular complexity index is 2010. The largest absolute Gasteiger partial charge is 0.490 e. The van der Waals surface area contributed by atoms with Gasteiger partial charge in [0.15, 0.2) is 11.5 Å². The third kappa shape index (κ3) is 7.56. The summed E-state index contributed by atoms with van der Waals surface area (Å²) in [5.41, 5.74) is 6.85. The number of thioether (sulfide) groups is 1. The lowest BCUT2D eigenvalue weighted by atomic mass is 9.94. The van der Waals surface area contributed by atoms with Gasteiger partial charge in [0, 0.05) is 26.6 Å². The molecule has 6 rings (SSSR count). The predicted octanol–water partition coefficient (Wildman–Crippen LogP) is 9.51. The zero-order valence-corrected chi connectivity index (χ0v) is 30.2. The first-order valence-corrected chi connectivity index (χ1v) is 17.7. The number of hydrogen-bond donors (Lipinski definition) is 2. The highest BCUT2D eigenvalue weighted by molar-refractivity contribution is 9.10. The van der Waals surface area contributed by atoms with Crippen LogP contribution in [0, 0.1) is 13.8 Å². The first-order valence-electron chi connectivity index (χ1n) is 15.5. The summed E-state index contributed by atoms with van der Waals surface area (Å²) in [6, 6.07) is 26.8. The Morgan fingerprint density at radius 2 is 1.83 bits per heavy atom. The summed E-state index contributed by atoms with van der Waals surface area (Å²) in [6.07, 6.45) is 0. The number of allylic oxidation sites excluding steroid dienone is 1. The van der Waals surface area contributed by atoms with E-state index in [0.29, 0.717) is 57.9 Å². The number of fused-ring (bicyclic) bond motifs is 1. The van der Waals surface area contributed by atoms with Gasteiger partial charge in [-0.1, -0.05) is 93.4 Å². The fraction of sp³-hybridized carbons (Fsp3) is 0.216. The smallest absolute Gasteiger partial charge is 0.255 e. The average Bonchev–Trinajstić information content (AvgIpc) is 3.47. The van der Waals surface area contributed by atoms with E-state index in [2.05, 4.69) is 26.6 Å². The van der Waals surface area contributed by atoms with Gasteiger partial charge in [-0.15, -0.1) is 5.10 Å². The number of nitrogens with one attached hydrogen (secondary N) is 2. The molecule has 2 N–H and O–H groups in total. The van der Waals surface area contributed by atoms with Gasteiger partial charge in [-0.3, -0.25) is 4.79 Å². The number of anilines is 2. The van der Waals surface area contributed by atoms with Gasteiger partial charge in [-0.25, -0.2) is 4.68 Å². The molecule has 0 fully saturated rings. The Morgan fingerprint density at radius 3 is 2.60 bits per heavy atom. The second-order valence-electron chi connectivity index (χ2n) is 11.4. The molecule has 0 aliphatic carbocycles. The van der Waals surface area contributed by atoms with E-state index in [4.69, 9.17) is 31.2 Å². The molecular formula is C37H35BrClN5O3S. The maximum absolute atomic E-state index is 14.2. The minimum atomic E-state index is -0.604. The van der Waals surface area contributed by atoms with E-state index in [1.165, 1.54) is 11.8 Å². The normalized spacial score (nSPS) is 13.9. The molecule has 1 amide bonds. The Labute approximate surface area is 298 Å². The summed E-state index contributed by atoms with van der Waals surface area (Å²) in [5, 5.41) is 12.6. The SMILES string of the molecule is CCOc1cc(C2C(C(=O)Nc3ccc(C)cc3C)=C(C)Nc3nc(SCc4ccccc4Cl)nn32)ccc1OCc1cccc(Br)c1. The molecular weight excluding hydrogens is 710 g/mol. The molecule has 4 aromatic carbocycles. The molecule has 246 valence electrons. The van der Waals surface area contributed by atoms with E-state index in [-0.39, 0.29) is 5.91 Å². The lowest BCUT2D eigenvalue weighted by Crippen LogP contribution is -2.31. The van der Waals surface area contributed by atoms with Gasteiger partial charge in [0.25, 0.3) is 5.91 Å². The molecule has 0 spiro atoms. The van der Waals surface area contributed by atoms with Crippen molar-refractivity contribution in [2.75, 3.05) is 17.2 Å². The topological polar surface area (TPSA) is 90.3 Å². The third-order valence-corrected chi connectivity index (χ3v) is 9.64. The monoisotopic (exact) mass is 743 g/mol. The first kappa shape index (κ1) is 33.6. The lowest BCUT2D eigenvalue weighted by molar-refractivity contribution is -0.113. The quantitative estimate of drug-likeness (QED) is 0.130. The molecule has 5 aromatic rings. The number of ether oxygens (including phenoxy) is 2. The molecule has 0 radical (unpaired) electrons. The molecule has 1 aliphatic heterocycles. The highest BCUT2D eigenvalue weighted by atomic mass is 79.9. The Balaban J connectivity index is 1.37. The molecule has 0 saturated carbocycles. The highest BCUT2D eigenvalue weighted by Gasteiger charge is 2.35. The standard InChI is InChI=1S/C37H35BrClN5O3S/c1-5-46-32-19-26(14-16-31(32)47-20-25-9-8-11-28(38)18-25)34-33(35(45)41-30-15-13-22(2)17-23(30)3)24(4)40-36-42-37(43-44(34)36)48-21-27-10-6-7-12-29(27)39/h6-19,34H,5,20-21H2,1-4H3,(H,41,45)(H,40,42,43). The van der Waals surface area contributed by atoms with Gasteiger partial charge < -0.3 is 20.1 Å². The zero-order chi connectivity index (χ0) is 33.8. The number of halogens is 2. The highest BCUT2D eigenvalue weighted by Crippen LogP contribution is 2.40. The van der Waals surface area contributed by atoms with Crippen LogP contribution in [-0.4, -0.2) is 27.3 Å². The van der Waals surface area contributed by atoms with Crippen molar-refractivity contribution in [3.8, 4) is 11.5 Å². The van der Waals surface area contributed by atoms with E-state index >= 15 is 0 Å². The van der Waals surface area contributed by atoms with Gasteiger partial charge in [-0.05, 0) is 86.3 Å². The summed E-state index contributed by atoms with van der Waals surface area (Å²) in [5.74, 6) is 2.07. The number of hydrogen-bond acceptors (Lipinski definition) is 7. The minimum Gasteiger partial charge on any atom is -0.490 e. The third-order valence-electron chi connectivity index (χ3n) is 7.89. The van der Waals surface area contributed by atoms with Gasteiger partial charge in [0.1, 0.15) is 12.6 Å². The van der Waals surface area contributed by atoms with Crippen LogP contribution in [0.5, 0.6) is 11.5 Å². The number of amides is 1. The van der Waals surface area contributed by atoms with Crippen molar-refractivity contribution >= 4 is 56.8 Å². The number of aromatic nitrogens is 3. The van der Waals surface area contributed by atoms with Gasteiger partial charge >= 0.3 is 0 Å². The van der Waals surface area contributed by atoms with Crippen LogP contribution >= 0.6 is 39.3 Å². The van der Waals surface area contributed by atoms with Gasteiger partial charge in [0.2, 0.25) is 11.1 Å². The number of nitrogens with zero attached hydrogens (tertiary/aromatic N) is 3. The van der Waals surface area contributed by atoms with Crippen LogP contribution in [0.2, 0.25) is 5.02 Å². The molecule has 0 saturated heterocycles. The van der Waals surface area contributed by atoms with Crippen LogP contribution in [0.15, 0.2) is 106 Å². The molecule has 0 bridgehead atoms. The summed E-state index contributed by atoms with van der Waals surface area (Å²) < 4.78 is 15.1. The number of rotatable bonds is 11. The molecule has 48 heavy (non-hydrogen) atoms. The van der Waals surface area contributed by atoms with Crippen molar-refractivity contribution in [3.05, 3.63) is 134 Å². The Hall–Kier alpha value is -4.25. The van der Waals surface area contributed by atoms with Crippen molar-refractivity contribution in [1.29, 1.82) is 0 Å². The van der Waals surface area contributed by atoms with Crippen LogP contribution in [0.25, 0.3) is 0 Å². The summed E-state index contributed by atoms with van der Waals surface area (Å²) in [4.78, 5) is 19.0. The Morgan fingerprint density at radius 1 is 1.00 bits per heavy atom. The average molecular weight is 745 g/mol. The van der Waals surface area contributed by atoms with E-state index in [1.807, 2.05) is 113 Å². The number of carbonyl (C=O) groups is 1. The van der Waals surface area contributed by atoms with Crippen LogP contribution in [0.3, 0.4) is 0 Å². The lowest BCUT2D eigenvalue weighted by Gasteiger charge is -2.29. The van der Waals surface area contributed by atoms with E-state index < -0.39 is 6.04 Å². The van der Waals surface area contributed by atoms with Crippen molar-refractivity contribution in [3.63, 3.8) is 0 Å². The fourth-order valence-electron chi connectivity index (χ4n) is 5.57. The molecule has 1 aromatic heterocycles. The van der Waals surface area contributed by atoms with E-state index in [1.54, 1.807) is 4.68 Å². The fourth-order valence-corrected chi connectivity index (χ4v) is 7.13. The number of carbonyl (C=O) groups excluding carboxylic acids is 1. The van der Waals surface area contributed by atoms with Crippen LogP contribution in [0.4, 0.5) is 11.6 Å². The van der Waals surface area contributed by atoms with Crippen LogP contribution < -0.4 is 20.1 Å². The summed E-state index contributed by atoms with van der Waals surface area (Å²) in [6.45, 7) is 8.64. The minimum absolute atomic E-state index is 0.240. The molecule has 11 heteroatoms. The van der Waals surface area contributed by atoms with Crippen molar-refractivity contribution in [1.82, 2.24) is 14.8 Å². The van der Waals surface area contributed by atoms with Crippen molar-refractivity contribution in [2.45, 2.75) is 51.3 Å². The van der Waals surface area contributed by atoms with Crippen molar-refractivity contribution in [2.24, 2.45) is 0 Å². The summed E-state index contributed by atoms with van der Waals surface area (Å²) in [7, 11) is 0. The maximum Gasteiger partial charge on any atom is 0.255 e. The van der Waals surface area contributed by atoms with Crippen molar-refractivity contribution < 1.29 is 14.3 Å². The number of benzene rings is 4. The van der Waals surface area contributed by atoms with Crippen LogP contribution in [0.1, 0.15) is 47.7 Å².